The van der Waals surface area contributed by atoms with Gasteiger partial charge in [0.1, 0.15) is 16.6 Å². The van der Waals surface area contributed by atoms with E-state index in [0.717, 1.165) is 53.8 Å². The molecule has 0 spiro atoms. The highest BCUT2D eigenvalue weighted by molar-refractivity contribution is 14.1. The lowest BCUT2D eigenvalue weighted by Gasteiger charge is -2.10. The molecule has 8 aromatic carbocycles. The van der Waals surface area contributed by atoms with Crippen molar-refractivity contribution in [3.05, 3.63) is 234 Å². The van der Waals surface area contributed by atoms with Gasteiger partial charge in [0.25, 0.3) is 0 Å². The van der Waals surface area contributed by atoms with Gasteiger partial charge in [-0.25, -0.2) is 15.0 Å². The van der Waals surface area contributed by atoms with Crippen LogP contribution in [0.1, 0.15) is 0 Å². The number of pyridine rings is 3. The summed E-state index contributed by atoms with van der Waals surface area (Å²) in [6.07, 6.45) is 11.1. The fourth-order valence-electron chi connectivity index (χ4n) is 11.2. The Morgan fingerprint density at radius 3 is 1.67 bits per heavy atom. The third-order valence-electron chi connectivity index (χ3n) is 14.4. The second-order valence-electron chi connectivity index (χ2n) is 18.6. The van der Waals surface area contributed by atoms with Crippen LogP contribution in [-0.4, -0.2) is 38.5 Å². The Kier molecular flexibility index (Phi) is 10.7. The second-order valence-corrected chi connectivity index (χ2v) is 22.2. The lowest BCUT2D eigenvalue weighted by atomic mass is 10.0. The van der Waals surface area contributed by atoms with Crippen LogP contribution in [0, 0.1) is 3.57 Å². The van der Waals surface area contributed by atoms with Crippen LogP contribution in [0.15, 0.2) is 225 Å². The van der Waals surface area contributed by atoms with Gasteiger partial charge < -0.3 is 14.1 Å². The van der Waals surface area contributed by atoms with Crippen molar-refractivity contribution in [1.82, 2.24) is 38.5 Å². The average molecular weight is 1150 g/mol. The van der Waals surface area contributed by atoms with Crippen LogP contribution < -0.4 is 0 Å². The summed E-state index contributed by atoms with van der Waals surface area (Å²) in [6.45, 7) is 0. The zero-order valence-electron chi connectivity index (χ0n) is 40.1. The van der Waals surface area contributed by atoms with Crippen LogP contribution in [0.2, 0.25) is 5.15 Å². The van der Waals surface area contributed by atoms with Gasteiger partial charge in [0.15, 0.2) is 0 Å². The number of benzene rings is 8. The van der Waals surface area contributed by atoms with Gasteiger partial charge in [-0.2, -0.15) is 0 Å². The molecule has 0 aliphatic heterocycles. The van der Waals surface area contributed by atoms with Crippen molar-refractivity contribution in [1.29, 1.82) is 0 Å². The van der Waals surface area contributed by atoms with Crippen molar-refractivity contribution >= 4 is 168 Å². The smallest absolute Gasteiger partial charge is 0.145 e. The highest BCUT2D eigenvalue weighted by atomic mass is 127. The Bertz CT molecular complexity index is 5080. The van der Waals surface area contributed by atoms with Crippen molar-refractivity contribution in [2.75, 3.05) is 0 Å². The van der Waals surface area contributed by atoms with Gasteiger partial charge in [-0.3, -0.25) is 9.38 Å². The molecule has 0 amide bonds. The quantitative estimate of drug-likeness (QED) is 0.109. The number of nitrogens with zero attached hydrogens (tertiary/aromatic N) is 7. The predicted octanol–water partition coefficient (Wildman–Crippen LogP) is 18.4. The lowest BCUT2D eigenvalue weighted by Crippen LogP contribution is -1.95. The van der Waals surface area contributed by atoms with Crippen molar-refractivity contribution in [3.63, 3.8) is 0 Å². The maximum atomic E-state index is 5.59. The van der Waals surface area contributed by atoms with Gasteiger partial charge in [0.2, 0.25) is 0 Å². The van der Waals surface area contributed by atoms with E-state index in [9.17, 15) is 0 Å². The van der Waals surface area contributed by atoms with E-state index in [1.807, 2.05) is 65.7 Å². The summed E-state index contributed by atoms with van der Waals surface area (Å²) < 4.78 is 13.2. The molecule has 9 heterocycles. The molecule has 0 atom stereocenters. The fraction of sp³-hybridized carbons (Fsp3) is 0. The number of hydrogen-bond donors (Lipinski definition) is 1. The summed E-state index contributed by atoms with van der Waals surface area (Å²) in [5, 5.41) is 13.3. The van der Waals surface area contributed by atoms with Crippen LogP contribution in [0.3, 0.4) is 0 Å². The number of halogens is 2. The topological polar surface area (TPSA) is 81.6 Å². The molecule has 0 bridgehead atoms. The summed E-state index contributed by atoms with van der Waals surface area (Å²) >= 11 is 11.5. The number of rotatable bonds is 3. The monoisotopic (exact) mass is 1140 g/mol. The van der Waals surface area contributed by atoms with E-state index in [-0.39, 0.29) is 0 Å². The summed E-state index contributed by atoms with van der Waals surface area (Å²) in [6, 6.07) is 67.1. The standard InChI is InChI=1S/C32H18N4S.C27H17N3S.C5H3ClIN/c1-2-7-19(8-3-1)36-24-12-13-28-30(20-9-4-5-11-27(20)37-28)29(24)23-17-21-22(18-26(23)36)32-34-15-16-35(32)25-10-6-14-33-31(21)25;1-2-6-18(7-3-1)30-21-12-13-24-26(20-8-4-5-9-23(20)31-24)25(21)19-11-10-17(16-22(19)30)27-28-14-15-29-27;6-5-4(7)2-1-3-8-5/h1-18H;1-16H,(H,28,29);1-3H. The predicted molar refractivity (Wildman–Crippen MR) is 328 cm³/mol. The third-order valence-corrected chi connectivity index (χ3v) is 18.1. The number of imidazole rings is 2. The molecule has 76 heavy (non-hydrogen) atoms. The van der Waals surface area contributed by atoms with E-state index in [2.05, 4.69) is 221 Å². The van der Waals surface area contributed by atoms with Gasteiger partial charge in [-0.15, -0.1) is 22.7 Å². The maximum absolute atomic E-state index is 5.59. The molecule has 0 fully saturated rings. The van der Waals surface area contributed by atoms with Gasteiger partial charge >= 0.3 is 0 Å². The zero-order chi connectivity index (χ0) is 50.4. The molecule has 8 nitrogen and oxygen atoms in total. The van der Waals surface area contributed by atoms with E-state index in [4.69, 9.17) is 21.6 Å². The molecule has 0 saturated carbocycles. The number of aromatic nitrogens is 8. The molecular weight excluding hydrogens is 1110 g/mol. The Morgan fingerprint density at radius 1 is 0.421 bits per heavy atom. The first-order valence-corrected chi connectivity index (χ1v) is 27.8. The Labute approximate surface area is 459 Å². The lowest BCUT2D eigenvalue weighted by molar-refractivity contribution is 1.18. The molecule has 0 radical (unpaired) electrons. The average Bonchev–Trinajstić information content (AvgIpc) is 4.40. The normalized spacial score (nSPS) is 11.8. The molecule has 17 aromatic rings. The largest absolute Gasteiger partial charge is 0.345 e. The van der Waals surface area contributed by atoms with Gasteiger partial charge in [-0.1, -0.05) is 96.5 Å². The molecule has 17 rings (SSSR count). The third kappa shape index (κ3) is 7.14. The SMILES string of the molecule is Clc1ncccc1I.c1ccc(-n2c3cc(-c4ncc[nH]4)ccc3c3c4c(ccc32)sc2ccccc24)cc1.c1ccc(-n2c3cc4c(cc3c3c5c(ccc32)sc2ccccc25)c2ncccc2n2ccnc42)cc1. The molecule has 12 heteroatoms. The van der Waals surface area contributed by atoms with E-state index < -0.39 is 0 Å². The molecule has 0 aliphatic carbocycles. The summed E-state index contributed by atoms with van der Waals surface area (Å²) in [4.78, 5) is 21.2. The molecule has 360 valence electrons. The van der Waals surface area contributed by atoms with E-state index in [1.165, 1.54) is 84.0 Å². The van der Waals surface area contributed by atoms with Crippen molar-refractivity contribution < 1.29 is 0 Å². The first-order valence-electron chi connectivity index (χ1n) is 24.7. The Balaban J connectivity index is 0.000000118. The Morgan fingerprint density at radius 2 is 1.04 bits per heavy atom. The summed E-state index contributed by atoms with van der Waals surface area (Å²) in [5.74, 6) is 0.887. The second kappa shape index (κ2) is 18.1. The van der Waals surface area contributed by atoms with Crippen LogP contribution in [0.5, 0.6) is 0 Å². The van der Waals surface area contributed by atoms with Crippen LogP contribution in [0.4, 0.5) is 0 Å². The maximum Gasteiger partial charge on any atom is 0.145 e. The van der Waals surface area contributed by atoms with Gasteiger partial charge in [0.05, 0.1) is 36.7 Å². The minimum absolute atomic E-state index is 0.577. The molecular formula is C64H38ClIN8S2. The van der Waals surface area contributed by atoms with Crippen molar-refractivity contribution in [2.24, 2.45) is 0 Å². The van der Waals surface area contributed by atoms with Crippen LogP contribution >= 0.6 is 56.9 Å². The number of hydrogen-bond acceptors (Lipinski definition) is 6. The fourth-order valence-corrected chi connectivity index (χ4v) is 13.9. The number of para-hydroxylation sites is 2. The summed E-state index contributed by atoms with van der Waals surface area (Å²) in [7, 11) is 0. The van der Waals surface area contributed by atoms with Crippen molar-refractivity contribution in [2.45, 2.75) is 0 Å². The number of nitrogens with one attached hydrogen (secondary N) is 1. The summed E-state index contributed by atoms with van der Waals surface area (Å²) in [5.41, 5.74) is 11.2. The molecule has 0 saturated heterocycles. The Hall–Kier alpha value is -8.46. The minimum Gasteiger partial charge on any atom is -0.345 e. The van der Waals surface area contributed by atoms with Gasteiger partial charge in [0, 0.05) is 127 Å². The molecule has 0 aliphatic rings. The molecule has 1 N–H and O–H groups in total. The van der Waals surface area contributed by atoms with E-state index >= 15 is 0 Å². The first kappa shape index (κ1) is 45.0. The zero-order valence-corrected chi connectivity index (χ0v) is 44.6. The first-order chi connectivity index (χ1) is 37.6. The number of aromatic amines is 1. The van der Waals surface area contributed by atoms with Crippen LogP contribution in [0.25, 0.3) is 134 Å². The number of fused-ring (bicyclic) bond motifs is 20. The minimum atomic E-state index is 0.577. The van der Waals surface area contributed by atoms with Crippen molar-refractivity contribution in [3.8, 4) is 22.8 Å². The van der Waals surface area contributed by atoms with Gasteiger partial charge in [-0.05, 0) is 126 Å². The van der Waals surface area contributed by atoms with E-state index in [0.29, 0.717) is 5.15 Å². The highest BCUT2D eigenvalue weighted by Crippen LogP contribution is 2.46. The number of thiophene rings is 2. The van der Waals surface area contributed by atoms with Crippen LogP contribution in [-0.2, 0) is 0 Å². The highest BCUT2D eigenvalue weighted by Gasteiger charge is 2.22. The molecule has 0 unspecified atom stereocenters. The molecule has 9 aromatic heterocycles. The van der Waals surface area contributed by atoms with E-state index in [1.54, 1.807) is 12.4 Å². The number of H-pyrrole nitrogens is 1.